The van der Waals surface area contributed by atoms with Crippen molar-refractivity contribution in [2.75, 3.05) is 0 Å². The molecule has 1 fully saturated rings. The topological polar surface area (TPSA) is 43.4 Å². The van der Waals surface area contributed by atoms with E-state index in [1.165, 1.54) is 0 Å². The molecule has 3 rings (SSSR count). The van der Waals surface area contributed by atoms with Crippen molar-refractivity contribution in [3.63, 3.8) is 0 Å². The lowest BCUT2D eigenvalue weighted by atomic mass is 9.92. The van der Waals surface area contributed by atoms with E-state index in [0.717, 1.165) is 11.1 Å². The lowest BCUT2D eigenvalue weighted by Crippen LogP contribution is -2.18. The first-order valence-corrected chi connectivity index (χ1v) is 8.33. The van der Waals surface area contributed by atoms with Crippen LogP contribution in [0.5, 0.6) is 0 Å². The van der Waals surface area contributed by atoms with Gasteiger partial charge in [-0.3, -0.25) is 4.79 Å². The fraction of sp³-hybridized carbons (Fsp3) is 0.167. The Labute approximate surface area is 130 Å². The van der Waals surface area contributed by atoms with Gasteiger partial charge in [0.15, 0.2) is 0 Å². The summed E-state index contributed by atoms with van der Waals surface area (Å²) in [6.45, 7) is 2.13. The van der Waals surface area contributed by atoms with Crippen molar-refractivity contribution in [3.05, 3.63) is 71.8 Å². The van der Waals surface area contributed by atoms with Crippen molar-refractivity contribution in [2.24, 2.45) is 0 Å². The smallest absolute Gasteiger partial charge is 0.341 e. The second-order valence-electron chi connectivity index (χ2n) is 5.54. The van der Waals surface area contributed by atoms with Crippen LogP contribution >= 0.6 is 8.20 Å². The van der Waals surface area contributed by atoms with Crippen LogP contribution in [0.3, 0.4) is 0 Å². The predicted molar refractivity (Wildman–Crippen MR) is 89.8 cm³/mol. The van der Waals surface area contributed by atoms with Gasteiger partial charge in [0.25, 0.3) is 0 Å². The van der Waals surface area contributed by atoms with Gasteiger partial charge in [-0.1, -0.05) is 60.7 Å². The van der Waals surface area contributed by atoms with Gasteiger partial charge in [0, 0.05) is 10.4 Å². The summed E-state index contributed by atoms with van der Waals surface area (Å²) in [6.07, 6.45) is 0.128. The van der Waals surface area contributed by atoms with Gasteiger partial charge in [-0.05, 0) is 18.1 Å². The lowest BCUT2D eigenvalue weighted by Gasteiger charge is -2.28. The van der Waals surface area contributed by atoms with Crippen LogP contribution in [0, 0.1) is 0 Å². The van der Waals surface area contributed by atoms with Gasteiger partial charge in [-0.25, -0.2) is 4.79 Å². The van der Waals surface area contributed by atoms with E-state index in [-0.39, 0.29) is 11.6 Å². The summed E-state index contributed by atoms with van der Waals surface area (Å²) in [5.41, 5.74) is 2.30. The zero-order chi connectivity index (χ0) is 15.6. The molecule has 0 saturated carbocycles. The van der Waals surface area contributed by atoms with Crippen LogP contribution in [0.1, 0.15) is 24.5 Å². The molecule has 4 heteroatoms. The van der Waals surface area contributed by atoms with Crippen LogP contribution in [0.25, 0.3) is 0 Å². The van der Waals surface area contributed by atoms with Crippen LogP contribution in [-0.4, -0.2) is 17.2 Å². The van der Waals surface area contributed by atoms with Gasteiger partial charge in [-0.2, -0.15) is 0 Å². The first kappa shape index (κ1) is 14.8. The Morgan fingerprint density at radius 3 is 1.82 bits per heavy atom. The third-order valence-electron chi connectivity index (χ3n) is 4.01. The molecule has 2 aromatic rings. The molecule has 0 spiro atoms. The number of hydrogen-bond acceptors (Lipinski definition) is 3. The molecule has 0 N–H and O–H groups in total. The van der Waals surface area contributed by atoms with E-state index in [2.05, 4.69) is 31.2 Å². The first-order valence-electron chi connectivity index (χ1n) is 7.17. The maximum Gasteiger partial charge on any atom is 0.341 e. The van der Waals surface area contributed by atoms with Gasteiger partial charge in [0.1, 0.15) is 0 Å². The second-order valence-corrected chi connectivity index (χ2v) is 7.68. The molecule has 1 atom stereocenters. The fourth-order valence-electron chi connectivity index (χ4n) is 2.79. The standard InChI is InChI=1S/C18H17O3P/c1-18(13-8-4-2-5-9-13,14-10-6-3-7-11-14)22-15-12-16(19)21-17(15)20/h2-11H,12,22H2,1H3. The Morgan fingerprint density at radius 1 is 0.909 bits per heavy atom. The second kappa shape index (κ2) is 5.94. The first-order chi connectivity index (χ1) is 10.6. The third kappa shape index (κ3) is 2.77. The summed E-state index contributed by atoms with van der Waals surface area (Å²) in [7, 11) is -0.438. The number of cyclic esters (lactones) is 2. The number of ether oxygens (including phenoxy) is 1. The Hall–Kier alpha value is -2.12. The molecular formula is C18H17O3P. The largest absolute Gasteiger partial charge is 0.389 e. The zero-order valence-electron chi connectivity index (χ0n) is 12.3. The summed E-state index contributed by atoms with van der Waals surface area (Å²) >= 11 is 0. The summed E-state index contributed by atoms with van der Waals surface area (Å²) in [4.78, 5) is 23.2. The van der Waals surface area contributed by atoms with Gasteiger partial charge in [-0.15, -0.1) is 8.20 Å². The van der Waals surface area contributed by atoms with Crippen molar-refractivity contribution in [3.8, 4) is 0 Å². The maximum absolute atomic E-state index is 11.9. The molecule has 1 unspecified atom stereocenters. The average Bonchev–Trinajstić information content (AvgIpc) is 2.86. The fourth-order valence-corrected chi connectivity index (χ4v) is 4.65. The summed E-state index contributed by atoms with van der Waals surface area (Å²) in [5.74, 6) is -0.880. The summed E-state index contributed by atoms with van der Waals surface area (Å²) in [5, 5.41) is 0.335. The van der Waals surface area contributed by atoms with Crippen LogP contribution in [0.4, 0.5) is 0 Å². The van der Waals surface area contributed by atoms with Crippen molar-refractivity contribution >= 4 is 25.4 Å². The van der Waals surface area contributed by atoms with Crippen molar-refractivity contribution in [2.45, 2.75) is 18.5 Å². The monoisotopic (exact) mass is 312 g/mol. The molecule has 0 amide bonds. The van der Waals surface area contributed by atoms with Crippen LogP contribution in [0.2, 0.25) is 0 Å². The molecule has 0 aromatic heterocycles. The van der Waals surface area contributed by atoms with Crippen LogP contribution in [-0.2, 0) is 19.5 Å². The zero-order valence-corrected chi connectivity index (χ0v) is 13.4. The number of hydrogen-bond donors (Lipinski definition) is 0. The Morgan fingerprint density at radius 2 is 1.41 bits per heavy atom. The minimum absolute atomic E-state index is 0.128. The molecule has 0 radical (unpaired) electrons. The highest BCUT2D eigenvalue weighted by molar-refractivity contribution is 7.45. The predicted octanol–water partition coefficient (Wildman–Crippen LogP) is 3.01. The quantitative estimate of drug-likeness (QED) is 0.497. The third-order valence-corrected chi connectivity index (χ3v) is 6.05. The highest BCUT2D eigenvalue weighted by Gasteiger charge is 2.32. The molecular weight excluding hydrogens is 295 g/mol. The minimum atomic E-state index is -0.446. The van der Waals surface area contributed by atoms with E-state index >= 15 is 0 Å². The maximum atomic E-state index is 11.9. The Bertz CT molecular complexity index is 696. The van der Waals surface area contributed by atoms with Crippen LogP contribution < -0.4 is 0 Å². The van der Waals surface area contributed by atoms with E-state index in [1.54, 1.807) is 0 Å². The Balaban J connectivity index is 2.14. The molecule has 1 aliphatic rings. The average molecular weight is 312 g/mol. The number of esters is 2. The van der Waals surface area contributed by atoms with E-state index in [4.69, 9.17) is 4.74 Å². The number of carbonyl (C=O) groups excluding carboxylic acids is 2. The van der Waals surface area contributed by atoms with Crippen molar-refractivity contribution in [1.82, 2.24) is 0 Å². The molecule has 22 heavy (non-hydrogen) atoms. The SMILES string of the molecule is CC([PH2]=C1CC(=O)OC1=O)(c1ccccc1)c1ccccc1. The highest BCUT2D eigenvalue weighted by atomic mass is 31.1. The van der Waals surface area contributed by atoms with Gasteiger partial charge in [0.2, 0.25) is 0 Å². The highest BCUT2D eigenvalue weighted by Crippen LogP contribution is 2.43. The van der Waals surface area contributed by atoms with Gasteiger partial charge < -0.3 is 4.74 Å². The Kier molecular flexibility index (Phi) is 4.00. The van der Waals surface area contributed by atoms with Gasteiger partial charge >= 0.3 is 11.9 Å². The molecule has 2 aromatic carbocycles. The summed E-state index contributed by atoms with van der Waals surface area (Å²) < 4.78 is 4.70. The lowest BCUT2D eigenvalue weighted by molar-refractivity contribution is -0.150. The normalized spacial score (nSPS) is 17.2. The molecule has 1 saturated heterocycles. The molecule has 0 aliphatic carbocycles. The molecule has 1 heterocycles. The summed E-state index contributed by atoms with van der Waals surface area (Å²) in [6, 6.07) is 20.2. The van der Waals surface area contributed by atoms with Crippen molar-refractivity contribution < 1.29 is 14.3 Å². The number of carbonyl (C=O) groups is 2. The van der Waals surface area contributed by atoms with Gasteiger partial charge in [0.05, 0.1) is 6.42 Å². The molecule has 3 nitrogen and oxygen atoms in total. The number of benzene rings is 2. The molecule has 1 aliphatic heterocycles. The molecule has 0 bridgehead atoms. The van der Waals surface area contributed by atoms with E-state index in [0.29, 0.717) is 5.29 Å². The van der Waals surface area contributed by atoms with E-state index in [9.17, 15) is 9.59 Å². The number of rotatable bonds is 3. The van der Waals surface area contributed by atoms with Crippen molar-refractivity contribution in [1.29, 1.82) is 0 Å². The van der Waals surface area contributed by atoms with E-state index < -0.39 is 20.1 Å². The van der Waals surface area contributed by atoms with E-state index in [1.807, 2.05) is 36.4 Å². The van der Waals surface area contributed by atoms with Crippen LogP contribution in [0.15, 0.2) is 60.7 Å². The minimum Gasteiger partial charge on any atom is -0.389 e. The molecule has 112 valence electrons.